The zero-order valence-corrected chi connectivity index (χ0v) is 13.0. The van der Waals surface area contributed by atoms with Crippen molar-refractivity contribution in [2.75, 3.05) is 6.61 Å². The number of epoxide rings is 1. The molecule has 2 saturated heterocycles. The van der Waals surface area contributed by atoms with Crippen LogP contribution in [0.25, 0.3) is 0 Å². The van der Waals surface area contributed by atoms with Crippen LogP contribution < -0.4 is 0 Å². The van der Waals surface area contributed by atoms with Gasteiger partial charge in [0, 0.05) is 29.2 Å². The Morgan fingerprint density at radius 3 is 2.88 bits per heavy atom. The van der Waals surface area contributed by atoms with Crippen molar-refractivity contribution in [3.8, 4) is 11.8 Å². The molecule has 3 heterocycles. The molecule has 1 saturated carbocycles. The number of hydrogen-bond donors (Lipinski definition) is 3. The number of aliphatic hydroxyl groups excluding tert-OH is 1. The third-order valence-corrected chi connectivity index (χ3v) is 5.68. The van der Waals surface area contributed by atoms with E-state index in [1.165, 1.54) is 4.57 Å². The summed E-state index contributed by atoms with van der Waals surface area (Å²) in [6.07, 6.45) is 1.96. The number of fused-ring (bicyclic) bond motifs is 4. The highest BCUT2D eigenvalue weighted by atomic mass is 16.6. The quantitative estimate of drug-likeness (QED) is 0.675. The molecular weight excluding hydrogens is 314 g/mol. The number of Topliss-reactive ketones (excluding diaryl/α,β-unsaturated/α-hetero) is 1. The fourth-order valence-electron chi connectivity index (χ4n) is 4.41. The molecule has 5 rings (SSSR count). The highest BCUT2D eigenvalue weighted by Crippen LogP contribution is 2.52. The van der Waals surface area contributed by atoms with Gasteiger partial charge < -0.3 is 24.8 Å². The van der Waals surface area contributed by atoms with Crippen LogP contribution in [-0.4, -0.2) is 56.7 Å². The van der Waals surface area contributed by atoms with Gasteiger partial charge in [0.15, 0.2) is 17.5 Å². The van der Waals surface area contributed by atoms with Crippen molar-refractivity contribution in [1.29, 1.82) is 0 Å². The number of aromatic nitrogens is 1. The summed E-state index contributed by atoms with van der Waals surface area (Å²) in [5, 5.41) is 31.8. The lowest BCUT2D eigenvalue weighted by Crippen LogP contribution is -2.38. The Kier molecular flexibility index (Phi) is 2.93. The van der Waals surface area contributed by atoms with E-state index in [1.807, 2.05) is 0 Å². The van der Waals surface area contributed by atoms with Crippen molar-refractivity contribution < 1.29 is 29.6 Å². The molecule has 0 amide bonds. The number of hydrogen-bond acceptors (Lipinski definition) is 6. The molecular formula is C17H19NO6. The fourth-order valence-corrected chi connectivity index (χ4v) is 4.41. The lowest BCUT2D eigenvalue weighted by molar-refractivity contribution is -0.117. The molecule has 1 aromatic rings. The van der Waals surface area contributed by atoms with Crippen molar-refractivity contribution in [3.05, 3.63) is 22.8 Å². The predicted octanol–water partition coefficient (Wildman–Crippen LogP) is 0.355. The minimum Gasteiger partial charge on any atom is -0.494 e. The fraction of sp³-hybridized carbons (Fsp3) is 0.588. The van der Waals surface area contributed by atoms with Gasteiger partial charge in [-0.3, -0.25) is 9.36 Å². The van der Waals surface area contributed by atoms with Gasteiger partial charge in [0.05, 0.1) is 18.8 Å². The van der Waals surface area contributed by atoms with Crippen molar-refractivity contribution in [1.82, 2.24) is 4.57 Å². The standard InChI is InChI=1S/C17H19NO6/c19-12-8-3-4-9-11(10(8)13(20)15-14(12)24-15)17(22)18(16(9)21)6-7-2-1-5-23-7/h3,7,10,13-15,20-22H,1-2,4-6H2/t7-,10-,13-,14+,15-/m0/s1. The van der Waals surface area contributed by atoms with Crippen LogP contribution in [0.4, 0.5) is 0 Å². The van der Waals surface area contributed by atoms with Crippen LogP contribution >= 0.6 is 0 Å². The van der Waals surface area contributed by atoms with E-state index in [0.717, 1.165) is 12.8 Å². The molecule has 24 heavy (non-hydrogen) atoms. The van der Waals surface area contributed by atoms with E-state index in [9.17, 15) is 20.1 Å². The van der Waals surface area contributed by atoms with Gasteiger partial charge >= 0.3 is 0 Å². The summed E-state index contributed by atoms with van der Waals surface area (Å²) in [5.41, 5.74) is 1.52. The normalized spacial score (nSPS) is 36.8. The van der Waals surface area contributed by atoms with E-state index >= 15 is 0 Å². The number of nitrogens with zero attached hydrogens (tertiary/aromatic N) is 1. The SMILES string of the molecule is O=C1C2=CCc3c(c(O)n(C[C@@H]4CCCO4)c3O)[C@H]2[C@H](O)[C@@H]2O[C@H]12. The number of allylic oxidation sites excluding steroid dienone is 1. The Bertz CT molecular complexity index is 760. The number of carbonyl (C=O) groups is 1. The van der Waals surface area contributed by atoms with Crippen LogP contribution in [0, 0.1) is 0 Å². The second kappa shape index (κ2) is 4.84. The molecule has 7 heteroatoms. The molecule has 0 unspecified atom stereocenters. The van der Waals surface area contributed by atoms with Crippen molar-refractivity contribution in [2.45, 2.75) is 56.1 Å². The third kappa shape index (κ3) is 1.80. The summed E-state index contributed by atoms with van der Waals surface area (Å²) in [6.45, 7) is 1.05. The average molecular weight is 333 g/mol. The van der Waals surface area contributed by atoms with E-state index in [2.05, 4.69) is 0 Å². The monoisotopic (exact) mass is 333 g/mol. The van der Waals surface area contributed by atoms with Crippen molar-refractivity contribution >= 4 is 5.78 Å². The number of carbonyl (C=O) groups excluding carboxylic acids is 1. The maximum Gasteiger partial charge on any atom is 0.198 e. The Labute approximate surface area is 138 Å². The zero-order valence-electron chi connectivity index (χ0n) is 13.0. The first-order chi connectivity index (χ1) is 11.6. The summed E-state index contributed by atoms with van der Waals surface area (Å²) < 4.78 is 12.3. The molecule has 0 bridgehead atoms. The molecule has 3 fully saturated rings. The zero-order chi connectivity index (χ0) is 16.6. The Balaban J connectivity index is 1.57. The third-order valence-electron chi connectivity index (χ3n) is 5.68. The van der Waals surface area contributed by atoms with Crippen molar-refractivity contribution in [2.24, 2.45) is 0 Å². The Morgan fingerprint density at radius 1 is 1.29 bits per heavy atom. The molecule has 0 aromatic carbocycles. The minimum absolute atomic E-state index is 0.00760. The maximum absolute atomic E-state index is 12.4. The van der Waals surface area contributed by atoms with Gasteiger partial charge in [-0.05, 0) is 19.3 Å². The Morgan fingerprint density at radius 2 is 2.12 bits per heavy atom. The molecule has 5 atom stereocenters. The Hall–Kier alpha value is -1.83. The van der Waals surface area contributed by atoms with Gasteiger partial charge in [0.2, 0.25) is 0 Å². The lowest BCUT2D eigenvalue weighted by Gasteiger charge is -2.30. The number of rotatable bonds is 2. The number of ether oxygens (including phenoxy) is 2. The lowest BCUT2D eigenvalue weighted by atomic mass is 9.73. The van der Waals surface area contributed by atoms with Gasteiger partial charge in [-0.1, -0.05) is 6.08 Å². The molecule has 7 nitrogen and oxygen atoms in total. The van der Waals surface area contributed by atoms with Crippen LogP contribution in [0.15, 0.2) is 11.6 Å². The van der Waals surface area contributed by atoms with E-state index in [0.29, 0.717) is 36.3 Å². The van der Waals surface area contributed by atoms with Crippen LogP contribution in [-0.2, 0) is 27.2 Å². The van der Waals surface area contributed by atoms with Crippen LogP contribution in [0.5, 0.6) is 11.8 Å². The van der Waals surface area contributed by atoms with E-state index in [-0.39, 0.29) is 23.6 Å². The average Bonchev–Trinajstić information content (AvgIpc) is 3.17. The summed E-state index contributed by atoms with van der Waals surface area (Å²) in [7, 11) is 0. The molecule has 1 aromatic heterocycles. The van der Waals surface area contributed by atoms with Gasteiger partial charge in [0.1, 0.15) is 12.2 Å². The van der Waals surface area contributed by atoms with Gasteiger partial charge in [-0.25, -0.2) is 0 Å². The van der Waals surface area contributed by atoms with E-state index in [1.54, 1.807) is 6.08 Å². The first-order valence-electron chi connectivity index (χ1n) is 8.40. The molecule has 2 aliphatic heterocycles. The van der Waals surface area contributed by atoms with Crippen molar-refractivity contribution in [3.63, 3.8) is 0 Å². The number of aliphatic hydroxyl groups is 1. The second-order valence-corrected chi connectivity index (χ2v) is 7.00. The van der Waals surface area contributed by atoms with E-state index in [4.69, 9.17) is 9.47 Å². The largest absolute Gasteiger partial charge is 0.494 e. The molecule has 2 aliphatic carbocycles. The molecule has 128 valence electrons. The van der Waals surface area contributed by atoms with Crippen LogP contribution in [0.1, 0.15) is 29.9 Å². The molecule has 4 aliphatic rings. The maximum atomic E-state index is 12.4. The highest BCUT2D eigenvalue weighted by molar-refractivity contribution is 6.04. The summed E-state index contributed by atoms with van der Waals surface area (Å²) >= 11 is 0. The predicted molar refractivity (Wildman–Crippen MR) is 80.9 cm³/mol. The summed E-state index contributed by atoms with van der Waals surface area (Å²) in [6, 6.07) is 0. The number of ketones is 1. The summed E-state index contributed by atoms with van der Waals surface area (Å²) in [4.78, 5) is 12.4. The second-order valence-electron chi connectivity index (χ2n) is 7.00. The summed E-state index contributed by atoms with van der Waals surface area (Å²) in [5.74, 6) is -0.847. The smallest absolute Gasteiger partial charge is 0.198 e. The first kappa shape index (κ1) is 14.5. The van der Waals surface area contributed by atoms with Gasteiger partial charge in [0.25, 0.3) is 0 Å². The topological polar surface area (TPSA) is 104 Å². The minimum atomic E-state index is -0.887. The molecule has 3 N–H and O–H groups in total. The van der Waals surface area contributed by atoms with Crippen LogP contribution in [0.3, 0.4) is 0 Å². The molecule has 0 spiro atoms. The molecule has 0 radical (unpaired) electrons. The highest BCUT2D eigenvalue weighted by Gasteiger charge is 2.60. The first-order valence-corrected chi connectivity index (χ1v) is 8.40. The van der Waals surface area contributed by atoms with Crippen LogP contribution in [0.2, 0.25) is 0 Å². The van der Waals surface area contributed by atoms with Gasteiger partial charge in [-0.15, -0.1) is 0 Å². The van der Waals surface area contributed by atoms with E-state index < -0.39 is 24.2 Å². The van der Waals surface area contributed by atoms with Gasteiger partial charge in [-0.2, -0.15) is 0 Å². The number of aromatic hydroxyl groups is 2.